The Morgan fingerprint density at radius 1 is 1.31 bits per heavy atom. The Kier molecular flexibility index (Phi) is 2.87. The molecule has 0 fully saturated rings. The molecule has 1 heterocycles. The number of hydrogen-bond donors (Lipinski definition) is 1. The maximum absolute atomic E-state index is 5.65. The molecule has 1 atom stereocenters. The van der Waals surface area contributed by atoms with Gasteiger partial charge in [0, 0.05) is 14.2 Å². The maximum Gasteiger partial charge on any atom is 0.218 e. The standard InChI is InChI=1S/C11H14N4O/c1-15-11(12)13-10(14-15)9(16-2)8-6-4-3-5-7-8/h3-7,9H,1-2H3,(H2,12,13,14). The highest BCUT2D eigenvalue weighted by molar-refractivity contribution is 5.25. The predicted octanol–water partition coefficient (Wildman–Crippen LogP) is 1.13. The Morgan fingerprint density at radius 3 is 2.50 bits per heavy atom. The summed E-state index contributed by atoms with van der Waals surface area (Å²) in [7, 11) is 3.38. The summed E-state index contributed by atoms with van der Waals surface area (Å²) in [6.45, 7) is 0. The van der Waals surface area contributed by atoms with Crippen LogP contribution >= 0.6 is 0 Å². The first-order chi connectivity index (χ1) is 7.72. The third kappa shape index (κ3) is 1.90. The van der Waals surface area contributed by atoms with Gasteiger partial charge >= 0.3 is 0 Å². The van der Waals surface area contributed by atoms with E-state index in [9.17, 15) is 0 Å². The van der Waals surface area contributed by atoms with Crippen LogP contribution in [0.1, 0.15) is 17.5 Å². The molecule has 1 aromatic carbocycles. The highest BCUT2D eigenvalue weighted by Gasteiger charge is 2.18. The van der Waals surface area contributed by atoms with Gasteiger partial charge < -0.3 is 10.5 Å². The van der Waals surface area contributed by atoms with Crippen molar-refractivity contribution in [3.63, 3.8) is 0 Å². The van der Waals surface area contributed by atoms with Gasteiger partial charge in [0.25, 0.3) is 0 Å². The lowest BCUT2D eigenvalue weighted by molar-refractivity contribution is 0.129. The second-order valence-electron chi connectivity index (χ2n) is 3.48. The number of aromatic nitrogens is 3. The minimum Gasteiger partial charge on any atom is -0.369 e. The van der Waals surface area contributed by atoms with Gasteiger partial charge in [-0.05, 0) is 5.56 Å². The molecule has 0 saturated heterocycles. The van der Waals surface area contributed by atoms with Crippen LogP contribution in [0, 0.1) is 0 Å². The van der Waals surface area contributed by atoms with Crippen LogP contribution in [0.25, 0.3) is 0 Å². The van der Waals surface area contributed by atoms with Crippen molar-refractivity contribution < 1.29 is 4.74 Å². The zero-order valence-corrected chi connectivity index (χ0v) is 9.29. The monoisotopic (exact) mass is 218 g/mol. The Bertz CT molecular complexity index is 447. The SMILES string of the molecule is COC(c1ccccc1)c1nc(N)n(C)n1. The largest absolute Gasteiger partial charge is 0.369 e. The number of anilines is 1. The van der Waals surface area contributed by atoms with Crippen LogP contribution in [0.5, 0.6) is 0 Å². The van der Waals surface area contributed by atoms with Crippen molar-refractivity contribution in [2.45, 2.75) is 6.10 Å². The van der Waals surface area contributed by atoms with Crippen molar-refractivity contribution in [2.75, 3.05) is 12.8 Å². The van der Waals surface area contributed by atoms with Crippen LogP contribution in [-0.2, 0) is 11.8 Å². The molecule has 1 unspecified atom stereocenters. The molecule has 0 aliphatic heterocycles. The third-order valence-corrected chi connectivity index (χ3v) is 2.39. The molecule has 5 nitrogen and oxygen atoms in total. The van der Waals surface area contributed by atoms with Crippen molar-refractivity contribution >= 4 is 5.95 Å². The van der Waals surface area contributed by atoms with E-state index in [-0.39, 0.29) is 6.10 Å². The Labute approximate surface area is 93.9 Å². The lowest BCUT2D eigenvalue weighted by Crippen LogP contribution is -2.06. The summed E-state index contributed by atoms with van der Waals surface area (Å²) in [5, 5.41) is 4.21. The summed E-state index contributed by atoms with van der Waals surface area (Å²) in [4.78, 5) is 4.16. The van der Waals surface area contributed by atoms with E-state index in [1.807, 2.05) is 30.3 Å². The van der Waals surface area contributed by atoms with Crippen molar-refractivity contribution in [2.24, 2.45) is 7.05 Å². The van der Waals surface area contributed by atoms with E-state index >= 15 is 0 Å². The highest BCUT2D eigenvalue weighted by Crippen LogP contribution is 2.22. The molecule has 0 aliphatic carbocycles. The minimum absolute atomic E-state index is 0.273. The van der Waals surface area contributed by atoms with Crippen molar-refractivity contribution in [1.29, 1.82) is 0 Å². The summed E-state index contributed by atoms with van der Waals surface area (Å²) in [5.41, 5.74) is 6.65. The van der Waals surface area contributed by atoms with E-state index in [4.69, 9.17) is 10.5 Å². The van der Waals surface area contributed by atoms with E-state index in [0.717, 1.165) is 5.56 Å². The van der Waals surface area contributed by atoms with E-state index in [2.05, 4.69) is 10.1 Å². The molecule has 0 aliphatic rings. The van der Waals surface area contributed by atoms with E-state index in [0.29, 0.717) is 11.8 Å². The molecule has 0 saturated carbocycles. The average Bonchev–Trinajstić information content (AvgIpc) is 2.61. The number of aryl methyl sites for hydroxylation is 1. The summed E-state index contributed by atoms with van der Waals surface area (Å²) >= 11 is 0. The van der Waals surface area contributed by atoms with Crippen LogP contribution in [0.15, 0.2) is 30.3 Å². The van der Waals surface area contributed by atoms with Crippen molar-refractivity contribution in [1.82, 2.24) is 14.8 Å². The predicted molar refractivity (Wildman–Crippen MR) is 60.7 cm³/mol. The first-order valence-electron chi connectivity index (χ1n) is 4.96. The Morgan fingerprint density at radius 2 is 2.00 bits per heavy atom. The smallest absolute Gasteiger partial charge is 0.218 e. The molecule has 84 valence electrons. The lowest BCUT2D eigenvalue weighted by atomic mass is 10.1. The summed E-state index contributed by atoms with van der Waals surface area (Å²) in [5.74, 6) is 0.960. The number of ether oxygens (including phenoxy) is 1. The molecule has 5 heteroatoms. The molecule has 2 N–H and O–H groups in total. The number of rotatable bonds is 3. The van der Waals surface area contributed by atoms with Gasteiger partial charge in [-0.15, -0.1) is 0 Å². The second kappa shape index (κ2) is 4.32. The van der Waals surface area contributed by atoms with Gasteiger partial charge in [-0.25, -0.2) is 4.68 Å². The molecular weight excluding hydrogens is 204 g/mol. The molecule has 1 aromatic heterocycles. The topological polar surface area (TPSA) is 66.0 Å². The molecule has 2 aromatic rings. The number of nitrogens with zero attached hydrogens (tertiary/aromatic N) is 3. The molecule has 0 bridgehead atoms. The quantitative estimate of drug-likeness (QED) is 0.838. The normalized spacial score (nSPS) is 12.6. The zero-order chi connectivity index (χ0) is 11.5. The minimum atomic E-state index is -0.273. The summed E-state index contributed by atoms with van der Waals surface area (Å²) in [6, 6.07) is 9.80. The molecule has 0 radical (unpaired) electrons. The first kappa shape index (κ1) is 10.6. The number of hydrogen-bond acceptors (Lipinski definition) is 4. The fourth-order valence-electron chi connectivity index (χ4n) is 1.55. The van der Waals surface area contributed by atoms with Crippen molar-refractivity contribution in [3.05, 3.63) is 41.7 Å². The van der Waals surface area contributed by atoms with E-state index in [1.54, 1.807) is 14.2 Å². The average molecular weight is 218 g/mol. The zero-order valence-electron chi connectivity index (χ0n) is 9.29. The van der Waals surface area contributed by atoms with Crippen LogP contribution in [0.3, 0.4) is 0 Å². The summed E-state index contributed by atoms with van der Waals surface area (Å²) in [6.07, 6.45) is -0.273. The Balaban J connectivity index is 2.37. The molecule has 0 spiro atoms. The number of benzene rings is 1. The number of nitrogen functional groups attached to an aromatic ring is 1. The fourth-order valence-corrected chi connectivity index (χ4v) is 1.55. The number of nitrogens with two attached hydrogens (primary N) is 1. The van der Waals surface area contributed by atoms with Gasteiger partial charge in [0.1, 0.15) is 6.10 Å². The second-order valence-corrected chi connectivity index (χ2v) is 3.48. The van der Waals surface area contributed by atoms with Crippen LogP contribution in [-0.4, -0.2) is 21.9 Å². The Hall–Kier alpha value is -1.88. The van der Waals surface area contributed by atoms with Gasteiger partial charge in [0.15, 0.2) is 5.82 Å². The summed E-state index contributed by atoms with van der Waals surface area (Å²) < 4.78 is 6.93. The maximum atomic E-state index is 5.65. The van der Waals surface area contributed by atoms with Gasteiger partial charge in [-0.3, -0.25) is 0 Å². The van der Waals surface area contributed by atoms with E-state index in [1.165, 1.54) is 4.68 Å². The molecular formula is C11H14N4O. The molecule has 2 rings (SSSR count). The third-order valence-electron chi connectivity index (χ3n) is 2.39. The molecule has 0 amide bonds. The van der Waals surface area contributed by atoms with Crippen LogP contribution in [0.4, 0.5) is 5.95 Å². The lowest BCUT2D eigenvalue weighted by Gasteiger charge is -2.11. The van der Waals surface area contributed by atoms with Crippen LogP contribution < -0.4 is 5.73 Å². The highest BCUT2D eigenvalue weighted by atomic mass is 16.5. The fraction of sp³-hybridized carbons (Fsp3) is 0.273. The molecule has 16 heavy (non-hydrogen) atoms. The first-order valence-corrected chi connectivity index (χ1v) is 4.96. The van der Waals surface area contributed by atoms with Gasteiger partial charge in [0.2, 0.25) is 5.95 Å². The van der Waals surface area contributed by atoms with Crippen LogP contribution in [0.2, 0.25) is 0 Å². The van der Waals surface area contributed by atoms with E-state index < -0.39 is 0 Å². The van der Waals surface area contributed by atoms with Gasteiger partial charge in [-0.1, -0.05) is 30.3 Å². The van der Waals surface area contributed by atoms with Gasteiger partial charge in [0.05, 0.1) is 0 Å². The number of methoxy groups -OCH3 is 1. The van der Waals surface area contributed by atoms with Gasteiger partial charge in [-0.2, -0.15) is 10.1 Å². The van der Waals surface area contributed by atoms with Crippen molar-refractivity contribution in [3.8, 4) is 0 Å².